The molecule has 0 aliphatic heterocycles. The number of amides is 1. The Balaban J connectivity index is 1.62. The minimum absolute atomic E-state index is 0.0828. The summed E-state index contributed by atoms with van der Waals surface area (Å²) in [6, 6.07) is 12.9. The molecule has 7 heteroatoms. The molecular formula is C23H21ClN2O3S. The topological polar surface area (TPSA) is 74.5 Å². The van der Waals surface area contributed by atoms with Gasteiger partial charge in [-0.05, 0) is 80.0 Å². The molecule has 1 amide bonds. The van der Waals surface area contributed by atoms with E-state index in [-0.39, 0.29) is 10.9 Å². The molecule has 3 N–H and O–H groups in total. The van der Waals surface area contributed by atoms with Crippen molar-refractivity contribution in [2.75, 3.05) is 5.32 Å². The fraction of sp³-hybridized carbons (Fsp3) is 0.130. The van der Waals surface area contributed by atoms with Crippen LogP contribution in [-0.4, -0.2) is 16.1 Å². The predicted octanol–water partition coefficient (Wildman–Crippen LogP) is 5.76. The van der Waals surface area contributed by atoms with Crippen molar-refractivity contribution >= 4 is 46.6 Å². The van der Waals surface area contributed by atoms with Gasteiger partial charge in [-0.1, -0.05) is 29.8 Å². The first-order valence-electron chi connectivity index (χ1n) is 9.19. The van der Waals surface area contributed by atoms with Crippen molar-refractivity contribution in [3.63, 3.8) is 0 Å². The van der Waals surface area contributed by atoms with Gasteiger partial charge in [-0.15, -0.1) is 0 Å². The van der Waals surface area contributed by atoms with E-state index in [2.05, 4.69) is 10.6 Å². The standard InChI is InChI=1S/C23H21ClN2O3S/c1-13-10-15(3)22(28)19(11-13)25-23(30)26-21(27)9-7-17-6-8-20(29-17)16-5-4-14(2)18(24)12-16/h4-12,28H,1-3H3,(H2,25,26,27,30)/b9-7+. The van der Waals surface area contributed by atoms with Gasteiger partial charge in [-0.2, -0.15) is 0 Å². The normalized spacial score (nSPS) is 10.9. The Labute approximate surface area is 185 Å². The highest BCUT2D eigenvalue weighted by atomic mass is 35.5. The van der Waals surface area contributed by atoms with Crippen LogP contribution in [0.1, 0.15) is 22.5 Å². The molecule has 0 saturated heterocycles. The maximum atomic E-state index is 12.1. The lowest BCUT2D eigenvalue weighted by molar-refractivity contribution is -0.115. The van der Waals surface area contributed by atoms with Crippen molar-refractivity contribution in [1.82, 2.24) is 5.32 Å². The number of phenols is 1. The summed E-state index contributed by atoms with van der Waals surface area (Å²) >= 11 is 11.3. The lowest BCUT2D eigenvalue weighted by atomic mass is 10.1. The van der Waals surface area contributed by atoms with Crippen LogP contribution in [0.5, 0.6) is 5.75 Å². The second kappa shape index (κ2) is 9.15. The van der Waals surface area contributed by atoms with Gasteiger partial charge >= 0.3 is 0 Å². The van der Waals surface area contributed by atoms with E-state index in [4.69, 9.17) is 28.2 Å². The second-order valence-corrected chi connectivity index (χ2v) is 7.74. The first kappa shape index (κ1) is 21.6. The van der Waals surface area contributed by atoms with Crippen LogP contribution in [0.25, 0.3) is 17.4 Å². The van der Waals surface area contributed by atoms with Gasteiger partial charge in [0, 0.05) is 16.7 Å². The number of anilines is 1. The van der Waals surface area contributed by atoms with Crippen LogP contribution in [0.3, 0.4) is 0 Å². The van der Waals surface area contributed by atoms with Gasteiger partial charge < -0.3 is 14.8 Å². The van der Waals surface area contributed by atoms with Crippen LogP contribution in [0.15, 0.2) is 53.0 Å². The summed E-state index contributed by atoms with van der Waals surface area (Å²) in [6.07, 6.45) is 2.87. The largest absolute Gasteiger partial charge is 0.505 e. The summed E-state index contributed by atoms with van der Waals surface area (Å²) in [5, 5.41) is 16.2. The highest BCUT2D eigenvalue weighted by Gasteiger charge is 2.09. The van der Waals surface area contributed by atoms with Crippen LogP contribution in [0, 0.1) is 20.8 Å². The number of nitrogens with one attached hydrogen (secondary N) is 2. The summed E-state index contributed by atoms with van der Waals surface area (Å²) in [4.78, 5) is 12.1. The fourth-order valence-corrected chi connectivity index (χ4v) is 3.25. The molecule has 3 aromatic rings. The van der Waals surface area contributed by atoms with E-state index in [0.29, 0.717) is 22.2 Å². The minimum atomic E-state index is -0.423. The third-order valence-electron chi connectivity index (χ3n) is 4.41. The molecule has 0 saturated carbocycles. The lowest BCUT2D eigenvalue weighted by Crippen LogP contribution is -2.32. The fourth-order valence-electron chi connectivity index (χ4n) is 2.86. The number of rotatable bonds is 4. The number of benzene rings is 2. The van der Waals surface area contributed by atoms with Crippen molar-refractivity contribution in [2.45, 2.75) is 20.8 Å². The smallest absolute Gasteiger partial charge is 0.250 e. The third-order valence-corrected chi connectivity index (χ3v) is 5.02. The molecule has 0 unspecified atom stereocenters. The molecule has 0 spiro atoms. The average molecular weight is 441 g/mol. The molecule has 30 heavy (non-hydrogen) atoms. The van der Waals surface area contributed by atoms with E-state index in [9.17, 15) is 9.90 Å². The maximum absolute atomic E-state index is 12.1. The molecule has 154 valence electrons. The summed E-state index contributed by atoms with van der Waals surface area (Å²) in [5.74, 6) is 0.835. The van der Waals surface area contributed by atoms with Crippen molar-refractivity contribution in [2.24, 2.45) is 0 Å². The highest BCUT2D eigenvalue weighted by molar-refractivity contribution is 7.80. The van der Waals surface area contributed by atoms with E-state index in [1.54, 1.807) is 25.1 Å². The Morgan fingerprint density at radius 2 is 1.87 bits per heavy atom. The summed E-state index contributed by atoms with van der Waals surface area (Å²) < 4.78 is 5.75. The van der Waals surface area contributed by atoms with Crippen molar-refractivity contribution in [3.05, 3.63) is 76.0 Å². The molecule has 0 atom stereocenters. The zero-order valence-electron chi connectivity index (χ0n) is 16.7. The molecule has 0 radical (unpaired) electrons. The van der Waals surface area contributed by atoms with Crippen molar-refractivity contribution in [3.8, 4) is 17.1 Å². The quantitative estimate of drug-likeness (QED) is 0.273. The van der Waals surface area contributed by atoms with Crippen molar-refractivity contribution in [1.29, 1.82) is 0 Å². The molecule has 0 aliphatic carbocycles. The monoisotopic (exact) mass is 440 g/mol. The van der Waals surface area contributed by atoms with Gasteiger partial charge in [0.25, 0.3) is 0 Å². The van der Waals surface area contributed by atoms with Crippen LogP contribution in [0.2, 0.25) is 5.02 Å². The third kappa shape index (κ3) is 5.28. The molecule has 5 nitrogen and oxygen atoms in total. The number of carbonyl (C=O) groups excluding carboxylic acids is 1. The SMILES string of the molecule is Cc1cc(C)c(O)c(NC(=S)NC(=O)/C=C/c2ccc(-c3ccc(C)c(Cl)c3)o2)c1. The van der Waals surface area contributed by atoms with Gasteiger partial charge in [0.2, 0.25) is 5.91 Å². The number of carbonyl (C=O) groups is 1. The molecular weight excluding hydrogens is 420 g/mol. The Hall–Kier alpha value is -3.09. The minimum Gasteiger partial charge on any atom is -0.505 e. The Kier molecular flexibility index (Phi) is 6.59. The first-order valence-corrected chi connectivity index (χ1v) is 9.98. The molecule has 1 aromatic heterocycles. The van der Waals surface area contributed by atoms with E-state index in [0.717, 1.165) is 22.3 Å². The number of hydrogen-bond donors (Lipinski definition) is 3. The summed E-state index contributed by atoms with van der Waals surface area (Å²) in [6.45, 7) is 5.63. The molecule has 0 fully saturated rings. The Morgan fingerprint density at radius 3 is 2.60 bits per heavy atom. The van der Waals surface area contributed by atoms with E-state index >= 15 is 0 Å². The molecule has 0 bridgehead atoms. The number of furan rings is 1. The number of aromatic hydroxyl groups is 1. The van der Waals surface area contributed by atoms with Crippen LogP contribution in [-0.2, 0) is 4.79 Å². The maximum Gasteiger partial charge on any atom is 0.250 e. The lowest BCUT2D eigenvalue weighted by Gasteiger charge is -2.12. The van der Waals surface area contributed by atoms with E-state index in [1.165, 1.54) is 6.08 Å². The van der Waals surface area contributed by atoms with Gasteiger partial charge in [-0.25, -0.2) is 0 Å². The zero-order chi connectivity index (χ0) is 21.8. The highest BCUT2D eigenvalue weighted by Crippen LogP contribution is 2.29. The van der Waals surface area contributed by atoms with E-state index in [1.807, 2.05) is 44.2 Å². The van der Waals surface area contributed by atoms with Crippen molar-refractivity contribution < 1.29 is 14.3 Å². The second-order valence-electron chi connectivity index (χ2n) is 6.92. The van der Waals surface area contributed by atoms with Gasteiger partial charge in [0.05, 0.1) is 5.69 Å². The van der Waals surface area contributed by atoms with E-state index < -0.39 is 5.91 Å². The first-order chi connectivity index (χ1) is 14.2. The predicted molar refractivity (Wildman–Crippen MR) is 125 cm³/mol. The Bertz CT molecular complexity index is 1150. The Morgan fingerprint density at radius 1 is 1.10 bits per heavy atom. The summed E-state index contributed by atoms with van der Waals surface area (Å²) in [5.41, 5.74) is 3.96. The molecule has 1 heterocycles. The van der Waals surface area contributed by atoms with Crippen LogP contribution in [0.4, 0.5) is 5.69 Å². The summed E-state index contributed by atoms with van der Waals surface area (Å²) in [7, 11) is 0. The molecule has 2 aromatic carbocycles. The van der Waals surface area contributed by atoms with Gasteiger partial charge in [0.1, 0.15) is 17.3 Å². The van der Waals surface area contributed by atoms with Crippen LogP contribution >= 0.6 is 23.8 Å². The molecule has 3 rings (SSSR count). The van der Waals surface area contributed by atoms with Crippen LogP contribution < -0.4 is 10.6 Å². The number of thiocarbonyl (C=S) groups is 1. The number of phenolic OH excluding ortho intramolecular Hbond substituents is 1. The van der Waals surface area contributed by atoms with Gasteiger partial charge in [0.15, 0.2) is 5.11 Å². The number of halogens is 1. The van der Waals surface area contributed by atoms with Gasteiger partial charge in [-0.3, -0.25) is 10.1 Å². The molecule has 0 aliphatic rings. The zero-order valence-corrected chi connectivity index (χ0v) is 18.3. The number of hydrogen-bond acceptors (Lipinski definition) is 4. The average Bonchev–Trinajstić information content (AvgIpc) is 3.15. The number of aryl methyl sites for hydroxylation is 3.